The van der Waals surface area contributed by atoms with Crippen molar-refractivity contribution in [2.24, 2.45) is 11.7 Å². The molecular formula is C12H20ClN3O2S. The molecule has 1 fully saturated rings. The molecule has 108 valence electrons. The first kappa shape index (κ1) is 16.4. The first-order valence-corrected chi connectivity index (χ1v) is 7.71. The molecule has 0 aliphatic heterocycles. The number of sulfonamides is 1. The van der Waals surface area contributed by atoms with Crippen LogP contribution in [0, 0.1) is 5.92 Å². The number of nitrogens with two attached hydrogens (primary N) is 1. The third-order valence-electron chi connectivity index (χ3n) is 3.33. The van der Waals surface area contributed by atoms with Gasteiger partial charge in [0.15, 0.2) is 0 Å². The van der Waals surface area contributed by atoms with E-state index in [1.165, 1.54) is 6.20 Å². The smallest absolute Gasteiger partial charge is 0.242 e. The van der Waals surface area contributed by atoms with Crippen molar-refractivity contribution in [1.29, 1.82) is 0 Å². The molecule has 1 saturated carbocycles. The van der Waals surface area contributed by atoms with Crippen LogP contribution >= 0.6 is 12.4 Å². The van der Waals surface area contributed by atoms with Crippen molar-refractivity contribution in [3.05, 3.63) is 24.5 Å². The van der Waals surface area contributed by atoms with Crippen molar-refractivity contribution in [3.8, 4) is 0 Å². The van der Waals surface area contributed by atoms with Crippen LogP contribution in [-0.4, -0.2) is 26.0 Å². The third-order valence-corrected chi connectivity index (χ3v) is 4.74. The minimum Gasteiger partial charge on any atom is -0.328 e. The van der Waals surface area contributed by atoms with Gasteiger partial charge < -0.3 is 5.73 Å². The van der Waals surface area contributed by atoms with E-state index in [0.29, 0.717) is 12.5 Å². The van der Waals surface area contributed by atoms with Crippen molar-refractivity contribution < 1.29 is 8.42 Å². The Kier molecular flexibility index (Phi) is 6.19. The monoisotopic (exact) mass is 305 g/mol. The fourth-order valence-electron chi connectivity index (χ4n) is 2.33. The topological polar surface area (TPSA) is 85.1 Å². The molecular weight excluding hydrogens is 286 g/mol. The molecule has 1 aliphatic rings. The van der Waals surface area contributed by atoms with Crippen molar-refractivity contribution in [2.75, 3.05) is 6.54 Å². The summed E-state index contributed by atoms with van der Waals surface area (Å²) < 4.78 is 26.6. The van der Waals surface area contributed by atoms with Gasteiger partial charge in [-0.05, 0) is 37.3 Å². The summed E-state index contributed by atoms with van der Waals surface area (Å²) in [7, 11) is -3.43. The summed E-state index contributed by atoms with van der Waals surface area (Å²) in [5.74, 6) is 0.347. The van der Waals surface area contributed by atoms with E-state index in [1.54, 1.807) is 18.3 Å². The molecule has 1 heterocycles. The fourth-order valence-corrected chi connectivity index (χ4v) is 3.41. The zero-order valence-corrected chi connectivity index (χ0v) is 12.3. The number of nitrogens with one attached hydrogen (secondary N) is 1. The van der Waals surface area contributed by atoms with E-state index in [9.17, 15) is 8.42 Å². The predicted molar refractivity (Wildman–Crippen MR) is 76.6 cm³/mol. The van der Waals surface area contributed by atoms with Gasteiger partial charge in [0.2, 0.25) is 10.0 Å². The van der Waals surface area contributed by atoms with Crippen molar-refractivity contribution >= 4 is 22.4 Å². The molecule has 2 atom stereocenters. The zero-order valence-electron chi connectivity index (χ0n) is 10.7. The maximum atomic E-state index is 12.0. The van der Waals surface area contributed by atoms with Crippen molar-refractivity contribution in [3.63, 3.8) is 0 Å². The molecule has 1 aliphatic carbocycles. The van der Waals surface area contributed by atoms with Gasteiger partial charge in [-0.2, -0.15) is 0 Å². The average Bonchev–Trinajstić information content (AvgIpc) is 2.38. The van der Waals surface area contributed by atoms with Crippen LogP contribution in [-0.2, 0) is 10.0 Å². The lowest BCUT2D eigenvalue weighted by Crippen LogP contribution is -2.35. The molecule has 0 radical (unpaired) electrons. The summed E-state index contributed by atoms with van der Waals surface area (Å²) in [4.78, 5) is 4.03. The Labute approximate surface area is 120 Å². The summed E-state index contributed by atoms with van der Waals surface area (Å²) in [5, 5.41) is 0. The molecule has 2 unspecified atom stereocenters. The molecule has 7 heteroatoms. The van der Waals surface area contributed by atoms with Gasteiger partial charge >= 0.3 is 0 Å². The normalized spacial score (nSPS) is 23.6. The number of aromatic nitrogens is 1. The molecule has 0 saturated heterocycles. The number of pyridine rings is 1. The third kappa shape index (κ3) is 4.72. The first-order chi connectivity index (χ1) is 8.58. The maximum absolute atomic E-state index is 12.0. The van der Waals surface area contributed by atoms with E-state index in [4.69, 9.17) is 5.73 Å². The van der Waals surface area contributed by atoms with E-state index < -0.39 is 10.0 Å². The summed E-state index contributed by atoms with van der Waals surface area (Å²) in [6.45, 7) is 0.463. The highest BCUT2D eigenvalue weighted by Crippen LogP contribution is 2.22. The highest BCUT2D eigenvalue weighted by Gasteiger charge is 2.21. The molecule has 0 amide bonds. The van der Waals surface area contributed by atoms with Crippen molar-refractivity contribution in [1.82, 2.24) is 9.71 Å². The Morgan fingerprint density at radius 2 is 2.21 bits per heavy atom. The van der Waals surface area contributed by atoms with E-state index in [1.807, 2.05) is 0 Å². The lowest BCUT2D eigenvalue weighted by atomic mass is 9.86. The van der Waals surface area contributed by atoms with Crippen LogP contribution in [0.3, 0.4) is 0 Å². The van der Waals surface area contributed by atoms with Crippen LogP contribution < -0.4 is 10.5 Å². The fraction of sp³-hybridized carbons (Fsp3) is 0.583. The Morgan fingerprint density at radius 3 is 2.84 bits per heavy atom. The van der Waals surface area contributed by atoms with Gasteiger partial charge in [-0.1, -0.05) is 6.42 Å². The SMILES string of the molecule is Cl.NC1CCCC(CNS(=O)(=O)c2cccnc2)C1. The summed E-state index contributed by atoms with van der Waals surface area (Å²) in [5.41, 5.74) is 5.89. The second-order valence-corrected chi connectivity index (χ2v) is 6.60. The molecule has 5 nitrogen and oxygen atoms in total. The summed E-state index contributed by atoms with van der Waals surface area (Å²) >= 11 is 0. The highest BCUT2D eigenvalue weighted by molar-refractivity contribution is 7.89. The Balaban J connectivity index is 0.00000180. The number of nitrogens with zero attached hydrogens (tertiary/aromatic N) is 1. The summed E-state index contributed by atoms with van der Waals surface area (Å²) in [6.07, 6.45) is 6.99. The Hall–Kier alpha value is -0.690. The predicted octanol–water partition coefficient (Wildman–Crippen LogP) is 1.30. The van der Waals surface area contributed by atoms with Gasteiger partial charge in [-0.3, -0.25) is 4.98 Å². The quantitative estimate of drug-likeness (QED) is 0.878. The van der Waals surface area contributed by atoms with Crippen molar-refractivity contribution in [2.45, 2.75) is 36.6 Å². The van der Waals surface area contributed by atoms with Gasteiger partial charge in [0.05, 0.1) is 0 Å². The van der Waals surface area contributed by atoms with Crippen LogP contribution in [0.1, 0.15) is 25.7 Å². The van der Waals surface area contributed by atoms with E-state index in [-0.39, 0.29) is 23.3 Å². The molecule has 0 spiro atoms. The van der Waals surface area contributed by atoms with Crippen LogP contribution in [0.2, 0.25) is 0 Å². The number of hydrogen-bond donors (Lipinski definition) is 2. The van der Waals surface area contributed by atoms with Crippen LogP contribution in [0.25, 0.3) is 0 Å². The van der Waals surface area contributed by atoms with Gasteiger partial charge in [-0.25, -0.2) is 13.1 Å². The molecule has 1 aromatic heterocycles. The molecule has 3 N–H and O–H groups in total. The minimum absolute atomic E-state index is 0. The Bertz CT molecular complexity index is 481. The molecule has 0 bridgehead atoms. The Morgan fingerprint density at radius 1 is 1.42 bits per heavy atom. The van der Waals surface area contributed by atoms with Crippen LogP contribution in [0.15, 0.2) is 29.4 Å². The molecule has 2 rings (SSSR count). The van der Waals surface area contributed by atoms with Gasteiger partial charge in [0.25, 0.3) is 0 Å². The molecule has 19 heavy (non-hydrogen) atoms. The molecule has 1 aromatic rings. The minimum atomic E-state index is -3.43. The maximum Gasteiger partial charge on any atom is 0.242 e. The number of hydrogen-bond acceptors (Lipinski definition) is 4. The second kappa shape index (κ2) is 7.19. The number of halogens is 1. The van der Waals surface area contributed by atoms with E-state index >= 15 is 0 Å². The average molecular weight is 306 g/mol. The largest absolute Gasteiger partial charge is 0.328 e. The van der Waals surface area contributed by atoms with Crippen LogP contribution in [0.4, 0.5) is 0 Å². The lowest BCUT2D eigenvalue weighted by molar-refractivity contribution is 0.322. The van der Waals surface area contributed by atoms with Gasteiger partial charge in [0.1, 0.15) is 4.90 Å². The zero-order chi connectivity index (χ0) is 13.0. The first-order valence-electron chi connectivity index (χ1n) is 6.23. The summed E-state index contributed by atoms with van der Waals surface area (Å²) in [6, 6.07) is 3.37. The second-order valence-electron chi connectivity index (χ2n) is 4.83. The lowest BCUT2D eigenvalue weighted by Gasteiger charge is -2.26. The highest BCUT2D eigenvalue weighted by atomic mass is 35.5. The van der Waals surface area contributed by atoms with Gasteiger partial charge in [-0.15, -0.1) is 12.4 Å². The van der Waals surface area contributed by atoms with E-state index in [0.717, 1.165) is 25.7 Å². The van der Waals surface area contributed by atoms with Gasteiger partial charge in [0, 0.05) is 25.0 Å². The number of rotatable bonds is 4. The van der Waals surface area contributed by atoms with Crippen LogP contribution in [0.5, 0.6) is 0 Å². The standard InChI is InChI=1S/C12H19N3O2S.ClH/c13-11-4-1-3-10(7-11)8-15-18(16,17)12-5-2-6-14-9-12;/h2,5-6,9-11,15H,1,3-4,7-8,13H2;1H. The van der Waals surface area contributed by atoms with E-state index in [2.05, 4.69) is 9.71 Å². The molecule has 0 aromatic carbocycles.